The molecule has 0 saturated carbocycles. The second-order valence-corrected chi connectivity index (χ2v) is 5.05. The second-order valence-electron chi connectivity index (χ2n) is 5.05. The van der Waals surface area contributed by atoms with Crippen molar-refractivity contribution in [3.63, 3.8) is 0 Å². The number of pyridine rings is 1. The third-order valence-electron chi connectivity index (χ3n) is 3.43. The van der Waals surface area contributed by atoms with E-state index < -0.39 is 6.04 Å². The maximum atomic E-state index is 11.7. The number of unbranched alkanes of at least 4 members (excludes halogenated alkanes) is 1. The first-order chi connectivity index (χ1) is 9.65. The van der Waals surface area contributed by atoms with Crippen LogP contribution in [-0.4, -0.2) is 30.0 Å². The van der Waals surface area contributed by atoms with Crippen molar-refractivity contribution < 1.29 is 4.79 Å². The lowest BCUT2D eigenvalue weighted by atomic mass is 9.99. The van der Waals surface area contributed by atoms with Gasteiger partial charge in [0.25, 0.3) is 0 Å². The molecule has 1 amide bonds. The van der Waals surface area contributed by atoms with Gasteiger partial charge in [-0.2, -0.15) is 0 Å². The van der Waals surface area contributed by atoms with Crippen LogP contribution in [0.4, 0.5) is 5.82 Å². The summed E-state index contributed by atoms with van der Waals surface area (Å²) in [6.45, 7) is 5.57. The minimum Gasteiger partial charge on any atom is -0.370 e. The molecular formula is C15H26N4O. The summed E-state index contributed by atoms with van der Waals surface area (Å²) in [6, 6.07) is 5.38. The molecule has 1 heterocycles. The summed E-state index contributed by atoms with van der Waals surface area (Å²) in [5.41, 5.74) is 5.86. The van der Waals surface area contributed by atoms with Gasteiger partial charge < -0.3 is 16.4 Å². The van der Waals surface area contributed by atoms with Crippen molar-refractivity contribution in [3.8, 4) is 0 Å². The second kappa shape index (κ2) is 9.31. The van der Waals surface area contributed by atoms with E-state index in [1.54, 1.807) is 6.20 Å². The van der Waals surface area contributed by atoms with E-state index in [1.165, 1.54) is 0 Å². The van der Waals surface area contributed by atoms with Gasteiger partial charge >= 0.3 is 0 Å². The van der Waals surface area contributed by atoms with Crippen LogP contribution >= 0.6 is 0 Å². The SMILES string of the molecule is CCC(C)C(N)C(=O)NCCCCNc1ccccn1. The maximum absolute atomic E-state index is 11.7. The maximum Gasteiger partial charge on any atom is 0.237 e. The first-order valence-corrected chi connectivity index (χ1v) is 7.33. The van der Waals surface area contributed by atoms with Crippen LogP contribution in [0.5, 0.6) is 0 Å². The molecule has 1 rings (SSSR count). The lowest BCUT2D eigenvalue weighted by molar-refractivity contribution is -0.123. The summed E-state index contributed by atoms with van der Waals surface area (Å²) >= 11 is 0. The molecule has 1 aromatic heterocycles. The van der Waals surface area contributed by atoms with Gasteiger partial charge in [0.05, 0.1) is 6.04 Å². The largest absolute Gasteiger partial charge is 0.370 e. The fraction of sp³-hybridized carbons (Fsp3) is 0.600. The van der Waals surface area contributed by atoms with E-state index >= 15 is 0 Å². The quantitative estimate of drug-likeness (QED) is 0.601. The van der Waals surface area contributed by atoms with E-state index in [1.807, 2.05) is 32.0 Å². The van der Waals surface area contributed by atoms with E-state index in [0.717, 1.165) is 31.6 Å². The zero-order chi connectivity index (χ0) is 14.8. The van der Waals surface area contributed by atoms with Crippen molar-refractivity contribution in [2.24, 2.45) is 11.7 Å². The first-order valence-electron chi connectivity index (χ1n) is 7.33. The van der Waals surface area contributed by atoms with Crippen molar-refractivity contribution in [2.45, 2.75) is 39.2 Å². The topological polar surface area (TPSA) is 80.0 Å². The Balaban J connectivity index is 2.06. The minimum atomic E-state index is -0.397. The van der Waals surface area contributed by atoms with Gasteiger partial charge in [-0.15, -0.1) is 0 Å². The van der Waals surface area contributed by atoms with Crippen LogP contribution in [0.2, 0.25) is 0 Å². The summed E-state index contributed by atoms with van der Waals surface area (Å²) in [4.78, 5) is 15.9. The van der Waals surface area contributed by atoms with Gasteiger partial charge in [-0.05, 0) is 30.9 Å². The average molecular weight is 278 g/mol. The average Bonchev–Trinajstić information content (AvgIpc) is 2.49. The van der Waals surface area contributed by atoms with Crippen LogP contribution in [-0.2, 0) is 4.79 Å². The monoisotopic (exact) mass is 278 g/mol. The van der Waals surface area contributed by atoms with E-state index in [9.17, 15) is 4.79 Å². The molecule has 2 unspecified atom stereocenters. The van der Waals surface area contributed by atoms with Crippen molar-refractivity contribution in [1.29, 1.82) is 0 Å². The van der Waals surface area contributed by atoms with E-state index in [4.69, 9.17) is 5.73 Å². The Bertz CT molecular complexity index is 383. The molecule has 0 spiro atoms. The standard InChI is InChI=1S/C15H26N4O/c1-3-12(2)14(16)15(20)19-11-7-6-10-18-13-8-4-5-9-17-13/h4-5,8-9,12,14H,3,6-7,10-11,16H2,1-2H3,(H,17,18)(H,19,20). The minimum absolute atomic E-state index is 0.0444. The van der Waals surface area contributed by atoms with E-state index in [0.29, 0.717) is 6.54 Å². The molecule has 1 aromatic rings. The number of carbonyl (C=O) groups is 1. The smallest absolute Gasteiger partial charge is 0.237 e. The van der Waals surface area contributed by atoms with Gasteiger partial charge in [0.15, 0.2) is 0 Å². The summed E-state index contributed by atoms with van der Waals surface area (Å²) in [6.07, 6.45) is 4.59. The molecule has 0 bridgehead atoms. The molecule has 0 aliphatic carbocycles. The highest BCUT2D eigenvalue weighted by atomic mass is 16.2. The van der Waals surface area contributed by atoms with Gasteiger partial charge in [0.1, 0.15) is 5.82 Å². The molecule has 0 fully saturated rings. The Morgan fingerprint density at radius 2 is 2.10 bits per heavy atom. The molecule has 2 atom stereocenters. The Morgan fingerprint density at radius 1 is 1.35 bits per heavy atom. The van der Waals surface area contributed by atoms with Crippen molar-refractivity contribution in [2.75, 3.05) is 18.4 Å². The molecular weight excluding hydrogens is 252 g/mol. The molecule has 4 N–H and O–H groups in total. The molecule has 0 aromatic carbocycles. The number of carbonyl (C=O) groups excluding carboxylic acids is 1. The third kappa shape index (κ3) is 6.02. The lowest BCUT2D eigenvalue weighted by Gasteiger charge is -2.17. The molecule has 0 saturated heterocycles. The number of amides is 1. The van der Waals surface area contributed by atoms with Crippen molar-refractivity contribution >= 4 is 11.7 Å². The summed E-state index contributed by atoms with van der Waals surface area (Å²) in [5, 5.41) is 6.12. The molecule has 5 heteroatoms. The zero-order valence-corrected chi connectivity index (χ0v) is 12.4. The number of nitrogens with two attached hydrogens (primary N) is 1. The van der Waals surface area contributed by atoms with Crippen LogP contribution in [0.3, 0.4) is 0 Å². The summed E-state index contributed by atoms with van der Waals surface area (Å²) in [7, 11) is 0. The Kier molecular flexibility index (Phi) is 7.65. The summed E-state index contributed by atoms with van der Waals surface area (Å²) < 4.78 is 0. The normalized spacial score (nSPS) is 13.6. The molecule has 112 valence electrons. The molecule has 0 aliphatic heterocycles. The Hall–Kier alpha value is -1.62. The van der Waals surface area contributed by atoms with E-state index in [-0.39, 0.29) is 11.8 Å². The summed E-state index contributed by atoms with van der Waals surface area (Å²) in [5.74, 6) is 1.06. The number of anilines is 1. The highest BCUT2D eigenvalue weighted by Gasteiger charge is 2.18. The fourth-order valence-electron chi connectivity index (χ4n) is 1.78. The van der Waals surface area contributed by atoms with Crippen LogP contribution in [0.25, 0.3) is 0 Å². The van der Waals surface area contributed by atoms with Gasteiger partial charge in [-0.25, -0.2) is 4.98 Å². The number of rotatable bonds is 9. The van der Waals surface area contributed by atoms with Crippen LogP contribution < -0.4 is 16.4 Å². The number of nitrogens with one attached hydrogen (secondary N) is 2. The van der Waals surface area contributed by atoms with Gasteiger partial charge in [0.2, 0.25) is 5.91 Å². The molecule has 20 heavy (non-hydrogen) atoms. The highest BCUT2D eigenvalue weighted by Crippen LogP contribution is 2.05. The van der Waals surface area contributed by atoms with Gasteiger partial charge in [-0.3, -0.25) is 4.79 Å². The van der Waals surface area contributed by atoms with E-state index in [2.05, 4.69) is 15.6 Å². The fourth-order valence-corrected chi connectivity index (χ4v) is 1.78. The van der Waals surface area contributed by atoms with Crippen LogP contribution in [0.15, 0.2) is 24.4 Å². The number of hydrogen-bond donors (Lipinski definition) is 3. The Labute approximate surface area is 121 Å². The molecule has 5 nitrogen and oxygen atoms in total. The first kappa shape index (κ1) is 16.4. The van der Waals surface area contributed by atoms with Crippen LogP contribution in [0.1, 0.15) is 33.1 Å². The predicted molar refractivity (Wildman–Crippen MR) is 82.4 cm³/mol. The number of nitrogens with zero attached hydrogens (tertiary/aromatic N) is 1. The number of aromatic nitrogens is 1. The van der Waals surface area contributed by atoms with Crippen molar-refractivity contribution in [3.05, 3.63) is 24.4 Å². The van der Waals surface area contributed by atoms with Gasteiger partial charge in [0, 0.05) is 19.3 Å². The third-order valence-corrected chi connectivity index (χ3v) is 3.43. The number of hydrogen-bond acceptors (Lipinski definition) is 4. The van der Waals surface area contributed by atoms with Gasteiger partial charge in [-0.1, -0.05) is 26.3 Å². The van der Waals surface area contributed by atoms with Crippen LogP contribution in [0, 0.1) is 5.92 Å². The lowest BCUT2D eigenvalue weighted by Crippen LogP contribution is -2.44. The zero-order valence-electron chi connectivity index (χ0n) is 12.4. The highest BCUT2D eigenvalue weighted by molar-refractivity contribution is 5.81. The van der Waals surface area contributed by atoms with Crippen molar-refractivity contribution in [1.82, 2.24) is 10.3 Å². The predicted octanol–water partition coefficient (Wildman–Crippen LogP) is 1.76. The molecule has 0 aliphatic rings. The molecule has 0 radical (unpaired) electrons. The Morgan fingerprint density at radius 3 is 2.75 bits per heavy atom.